The molecule has 4 nitrogen and oxygen atoms in total. The fraction of sp³-hybridized carbons (Fsp3) is 0. The summed E-state index contributed by atoms with van der Waals surface area (Å²) in [6.07, 6.45) is 3.70. The van der Waals surface area contributed by atoms with Crippen LogP contribution in [0.3, 0.4) is 0 Å². The van der Waals surface area contributed by atoms with Gasteiger partial charge in [0.15, 0.2) is 0 Å². The summed E-state index contributed by atoms with van der Waals surface area (Å²) < 4.78 is 0. The minimum Gasteiger partial charge on any atom is -0.252 e. The number of benzene rings is 6. The number of hydrogen-bond donors (Lipinski definition) is 0. The Morgan fingerprint density at radius 2 is 0.469 bits per heavy atom. The Morgan fingerprint density at radius 1 is 0.245 bits per heavy atom. The van der Waals surface area contributed by atoms with Gasteiger partial charge in [0.1, 0.15) is 0 Å². The molecule has 5 heteroatoms. The molecule has 0 amide bonds. The van der Waals surface area contributed by atoms with Gasteiger partial charge in [-0.1, -0.05) is 182 Å². The zero-order valence-corrected chi connectivity index (χ0v) is 28.4. The van der Waals surface area contributed by atoms with Gasteiger partial charge in [-0.25, -0.2) is 9.97 Å². The maximum Gasteiger partial charge on any atom is 3.00 e. The molecule has 0 saturated carbocycles. The first kappa shape index (κ1) is 33.0. The molecule has 0 aliphatic carbocycles. The molecular weight excluding hydrogens is 686 g/mol. The molecule has 8 rings (SSSR count). The molecule has 0 saturated heterocycles. The summed E-state index contributed by atoms with van der Waals surface area (Å²) in [5, 5.41) is 0. The van der Waals surface area contributed by atoms with Gasteiger partial charge in [-0.15, -0.1) is 0 Å². The van der Waals surface area contributed by atoms with Crippen molar-refractivity contribution < 1.29 is 19.5 Å². The SMILES string of the molecule is [Ru+3].c1ccc(-c2cnc(-c3ccccc3)c(-c3ccccc3)n2)cc1.c1ccc(-c2cnc(-c3ccccc3)c(-c3ccccc3)n2)cc1. The summed E-state index contributed by atoms with van der Waals surface area (Å²) in [6, 6.07) is 61.1. The largest absolute Gasteiger partial charge is 3.00 e. The summed E-state index contributed by atoms with van der Waals surface area (Å²) >= 11 is 0. The maximum absolute atomic E-state index is 4.93. The molecule has 0 atom stereocenters. The first-order chi connectivity index (χ1) is 23.8. The molecule has 0 aliphatic heterocycles. The standard InChI is InChI=1S/2C22H16N2.Ru/c2*1-4-10-17(11-5-1)20-16-23-21(18-12-6-2-7-13-18)22(24-20)19-14-8-3-9-15-19;/h2*1-16H;/q;;+3. The minimum absolute atomic E-state index is 0. The Hall–Kier alpha value is -5.90. The molecule has 49 heavy (non-hydrogen) atoms. The zero-order valence-electron chi connectivity index (χ0n) is 26.6. The van der Waals surface area contributed by atoms with Crippen LogP contribution < -0.4 is 0 Å². The first-order valence-electron chi connectivity index (χ1n) is 15.9. The Bertz CT molecular complexity index is 2040. The molecule has 0 fully saturated rings. The maximum atomic E-state index is 4.93. The van der Waals surface area contributed by atoms with Crippen LogP contribution in [0.25, 0.3) is 67.5 Å². The van der Waals surface area contributed by atoms with Crippen LogP contribution in [-0.4, -0.2) is 19.9 Å². The summed E-state index contributed by atoms with van der Waals surface area (Å²) in [4.78, 5) is 19.3. The van der Waals surface area contributed by atoms with Crippen LogP contribution in [0.2, 0.25) is 0 Å². The van der Waals surface area contributed by atoms with Crippen molar-refractivity contribution in [2.75, 3.05) is 0 Å². The van der Waals surface area contributed by atoms with E-state index < -0.39 is 0 Å². The van der Waals surface area contributed by atoms with Crippen molar-refractivity contribution in [2.45, 2.75) is 0 Å². The van der Waals surface area contributed by atoms with Crippen LogP contribution in [0.15, 0.2) is 194 Å². The van der Waals surface area contributed by atoms with E-state index in [1.54, 1.807) is 0 Å². The van der Waals surface area contributed by atoms with E-state index in [9.17, 15) is 0 Å². The van der Waals surface area contributed by atoms with Crippen molar-refractivity contribution in [3.8, 4) is 67.5 Å². The minimum atomic E-state index is 0. The Morgan fingerprint density at radius 3 is 0.735 bits per heavy atom. The van der Waals surface area contributed by atoms with E-state index in [2.05, 4.69) is 72.8 Å². The Labute approximate surface area is 300 Å². The molecule has 8 aromatic rings. The fourth-order valence-electron chi connectivity index (χ4n) is 5.48. The monoisotopic (exact) mass is 718 g/mol. The van der Waals surface area contributed by atoms with Gasteiger partial charge in [-0.3, -0.25) is 9.97 Å². The second-order valence-electron chi connectivity index (χ2n) is 11.1. The van der Waals surface area contributed by atoms with Gasteiger partial charge in [0.25, 0.3) is 0 Å². The van der Waals surface area contributed by atoms with Crippen LogP contribution >= 0.6 is 0 Å². The molecular formula is C44H32N4Ru+3. The van der Waals surface area contributed by atoms with Crippen molar-refractivity contribution in [1.82, 2.24) is 19.9 Å². The molecule has 0 N–H and O–H groups in total. The van der Waals surface area contributed by atoms with Crippen LogP contribution in [0.1, 0.15) is 0 Å². The van der Waals surface area contributed by atoms with Crippen LogP contribution in [-0.2, 0) is 19.5 Å². The molecule has 1 radical (unpaired) electrons. The number of hydrogen-bond acceptors (Lipinski definition) is 4. The van der Waals surface area contributed by atoms with Gasteiger partial charge in [0, 0.05) is 33.4 Å². The zero-order chi connectivity index (χ0) is 32.4. The van der Waals surface area contributed by atoms with Gasteiger partial charge >= 0.3 is 19.5 Å². The summed E-state index contributed by atoms with van der Waals surface area (Å²) in [7, 11) is 0. The summed E-state index contributed by atoms with van der Waals surface area (Å²) in [5.74, 6) is 0. The summed E-state index contributed by atoms with van der Waals surface area (Å²) in [6.45, 7) is 0. The van der Waals surface area contributed by atoms with Gasteiger partial charge in [-0.2, -0.15) is 0 Å². The van der Waals surface area contributed by atoms with Crippen molar-refractivity contribution in [1.29, 1.82) is 0 Å². The van der Waals surface area contributed by atoms with Crippen molar-refractivity contribution >= 4 is 0 Å². The first-order valence-corrected chi connectivity index (χ1v) is 15.9. The molecule has 0 spiro atoms. The van der Waals surface area contributed by atoms with E-state index in [1.807, 2.05) is 122 Å². The van der Waals surface area contributed by atoms with E-state index in [-0.39, 0.29) is 19.5 Å². The third-order valence-corrected chi connectivity index (χ3v) is 7.87. The van der Waals surface area contributed by atoms with E-state index in [4.69, 9.17) is 19.9 Å². The van der Waals surface area contributed by atoms with Crippen LogP contribution in [0.5, 0.6) is 0 Å². The van der Waals surface area contributed by atoms with Gasteiger partial charge in [0.2, 0.25) is 0 Å². The van der Waals surface area contributed by atoms with E-state index >= 15 is 0 Å². The van der Waals surface area contributed by atoms with Gasteiger partial charge in [-0.05, 0) is 0 Å². The number of rotatable bonds is 6. The normalized spacial score (nSPS) is 10.3. The second-order valence-corrected chi connectivity index (χ2v) is 11.1. The predicted octanol–water partition coefficient (Wildman–Crippen LogP) is 11.0. The molecule has 233 valence electrons. The molecule has 0 aliphatic rings. The van der Waals surface area contributed by atoms with Crippen molar-refractivity contribution in [3.05, 3.63) is 194 Å². The molecule has 0 unspecified atom stereocenters. The van der Waals surface area contributed by atoms with E-state index in [1.165, 1.54) is 0 Å². The quantitative estimate of drug-likeness (QED) is 0.161. The number of nitrogens with zero attached hydrogens (tertiary/aromatic N) is 4. The third kappa shape index (κ3) is 7.98. The molecule has 0 bridgehead atoms. The predicted molar refractivity (Wildman–Crippen MR) is 197 cm³/mol. The van der Waals surface area contributed by atoms with Crippen molar-refractivity contribution in [3.63, 3.8) is 0 Å². The molecule has 2 heterocycles. The molecule has 2 aromatic heterocycles. The van der Waals surface area contributed by atoms with E-state index in [0.29, 0.717) is 0 Å². The topological polar surface area (TPSA) is 51.6 Å². The fourth-order valence-corrected chi connectivity index (χ4v) is 5.48. The average Bonchev–Trinajstić information content (AvgIpc) is 3.20. The van der Waals surface area contributed by atoms with Crippen molar-refractivity contribution in [2.24, 2.45) is 0 Å². The summed E-state index contributed by atoms with van der Waals surface area (Å²) in [5.41, 5.74) is 11.8. The molecule has 6 aromatic carbocycles. The van der Waals surface area contributed by atoms with Gasteiger partial charge in [0.05, 0.1) is 46.6 Å². The van der Waals surface area contributed by atoms with E-state index in [0.717, 1.165) is 67.5 Å². The van der Waals surface area contributed by atoms with Crippen LogP contribution in [0.4, 0.5) is 0 Å². The van der Waals surface area contributed by atoms with Gasteiger partial charge < -0.3 is 0 Å². The number of aromatic nitrogens is 4. The average molecular weight is 718 g/mol. The Balaban J connectivity index is 0.000000167. The van der Waals surface area contributed by atoms with Crippen LogP contribution in [0, 0.1) is 0 Å². The second kappa shape index (κ2) is 16.3. The third-order valence-electron chi connectivity index (χ3n) is 7.87. The Kier molecular flexibility index (Phi) is 11.0. The smallest absolute Gasteiger partial charge is 0.252 e.